The zero-order valence-electron chi connectivity index (χ0n) is 4.48. The summed E-state index contributed by atoms with van der Waals surface area (Å²) in [5, 5.41) is 7.99. The summed E-state index contributed by atoms with van der Waals surface area (Å²) >= 11 is 0. The molecule has 0 amide bonds. The number of aliphatic hydroxyl groups excluding tert-OH is 1. The summed E-state index contributed by atoms with van der Waals surface area (Å²) in [7, 11) is 0. The van der Waals surface area contributed by atoms with Crippen LogP contribution in [0.1, 0.15) is 6.92 Å². The van der Waals surface area contributed by atoms with E-state index in [4.69, 9.17) is 5.11 Å². The molecule has 0 aliphatic carbocycles. The molecule has 1 radical (unpaired) electrons. The first-order valence-electron chi connectivity index (χ1n) is 2.07. The molecule has 0 aromatic carbocycles. The fourth-order valence-corrected chi connectivity index (χ4v) is 0.207. The molecule has 0 spiro atoms. The number of aliphatic hydroxyl groups is 1. The quantitative estimate of drug-likeness (QED) is 0.497. The van der Waals surface area contributed by atoms with Crippen LogP contribution in [0.4, 0.5) is 0 Å². The smallest absolute Gasteiger partial charge is 0.331 e. The van der Waals surface area contributed by atoms with Gasteiger partial charge in [0.05, 0.1) is 6.61 Å². The van der Waals surface area contributed by atoms with Gasteiger partial charge in [-0.15, -0.1) is 0 Å². The molecule has 0 rings (SSSR count). The molecule has 3 nitrogen and oxygen atoms in total. The van der Waals surface area contributed by atoms with Gasteiger partial charge in [0.15, 0.2) is 0 Å². The number of ether oxygens (including phenoxy) is 1. The van der Waals surface area contributed by atoms with Crippen molar-refractivity contribution in [1.29, 1.82) is 0 Å². The Balaban J connectivity index is 0. The third-order valence-electron chi connectivity index (χ3n) is 0.434. The summed E-state index contributed by atoms with van der Waals surface area (Å²) in [4.78, 5) is 9.94. The van der Waals surface area contributed by atoms with Gasteiger partial charge >= 0.3 is 5.97 Å². The SMILES string of the molecule is CCOC(=O)CO.[Ag]. The molecule has 0 aliphatic rings. The minimum atomic E-state index is -0.567. The van der Waals surface area contributed by atoms with Crippen LogP contribution in [-0.4, -0.2) is 24.3 Å². The molecule has 0 aromatic heterocycles. The average molecular weight is 212 g/mol. The minimum absolute atomic E-state index is 0. The average Bonchev–Trinajstić information content (AvgIpc) is 1.68. The summed E-state index contributed by atoms with van der Waals surface area (Å²) in [5.74, 6) is -0.567. The second-order valence-corrected chi connectivity index (χ2v) is 0.963. The van der Waals surface area contributed by atoms with Gasteiger partial charge < -0.3 is 9.84 Å². The molecule has 0 aromatic rings. The molecular formula is C4H8AgO3. The van der Waals surface area contributed by atoms with E-state index >= 15 is 0 Å². The second-order valence-electron chi connectivity index (χ2n) is 0.963. The fraction of sp³-hybridized carbons (Fsp3) is 0.750. The Morgan fingerprint density at radius 1 is 1.75 bits per heavy atom. The van der Waals surface area contributed by atoms with Gasteiger partial charge in [-0.1, -0.05) is 0 Å². The van der Waals surface area contributed by atoms with Crippen LogP contribution in [0.5, 0.6) is 0 Å². The number of rotatable bonds is 2. The zero-order valence-corrected chi connectivity index (χ0v) is 5.96. The van der Waals surface area contributed by atoms with E-state index in [1.165, 1.54) is 0 Å². The summed E-state index contributed by atoms with van der Waals surface area (Å²) in [6, 6.07) is 0. The van der Waals surface area contributed by atoms with Crippen molar-refractivity contribution >= 4 is 5.97 Å². The summed E-state index contributed by atoms with van der Waals surface area (Å²) in [6.45, 7) is 1.50. The fourth-order valence-electron chi connectivity index (χ4n) is 0.207. The number of carbonyl (C=O) groups excluding carboxylic acids is 1. The van der Waals surface area contributed by atoms with Gasteiger partial charge in [0.25, 0.3) is 0 Å². The molecule has 1 N–H and O–H groups in total. The first-order chi connectivity index (χ1) is 3.31. The van der Waals surface area contributed by atoms with Crippen LogP contribution in [0.3, 0.4) is 0 Å². The molecule has 0 fully saturated rings. The van der Waals surface area contributed by atoms with Crippen molar-refractivity contribution in [2.75, 3.05) is 13.2 Å². The van der Waals surface area contributed by atoms with E-state index in [0.717, 1.165) is 0 Å². The topological polar surface area (TPSA) is 46.5 Å². The van der Waals surface area contributed by atoms with Crippen LogP contribution < -0.4 is 0 Å². The van der Waals surface area contributed by atoms with Gasteiger partial charge in [-0.05, 0) is 6.92 Å². The summed E-state index contributed by atoms with van der Waals surface area (Å²) < 4.78 is 4.30. The van der Waals surface area contributed by atoms with E-state index in [1.807, 2.05) is 0 Å². The van der Waals surface area contributed by atoms with Crippen LogP contribution in [0.25, 0.3) is 0 Å². The van der Waals surface area contributed by atoms with Crippen LogP contribution in [0.2, 0.25) is 0 Å². The molecular weight excluding hydrogens is 204 g/mol. The van der Waals surface area contributed by atoms with Crippen LogP contribution in [0, 0.1) is 0 Å². The van der Waals surface area contributed by atoms with Crippen molar-refractivity contribution in [1.82, 2.24) is 0 Å². The minimum Gasteiger partial charge on any atom is -0.464 e. The van der Waals surface area contributed by atoms with Gasteiger partial charge in [-0.2, -0.15) is 0 Å². The first kappa shape index (κ1) is 11.0. The van der Waals surface area contributed by atoms with Gasteiger partial charge in [0.1, 0.15) is 6.61 Å². The molecule has 0 saturated heterocycles. The maximum atomic E-state index is 9.94. The molecule has 8 heavy (non-hydrogen) atoms. The van der Waals surface area contributed by atoms with Crippen molar-refractivity contribution in [3.8, 4) is 0 Å². The van der Waals surface area contributed by atoms with Crippen molar-refractivity contribution in [3.05, 3.63) is 0 Å². The largest absolute Gasteiger partial charge is 0.464 e. The van der Waals surface area contributed by atoms with E-state index in [1.54, 1.807) is 6.92 Å². The van der Waals surface area contributed by atoms with Crippen LogP contribution in [-0.2, 0) is 31.9 Å². The van der Waals surface area contributed by atoms with E-state index in [9.17, 15) is 4.79 Å². The van der Waals surface area contributed by atoms with Crippen molar-refractivity contribution in [2.45, 2.75) is 6.92 Å². The molecule has 0 bridgehead atoms. The van der Waals surface area contributed by atoms with Gasteiger partial charge in [-0.25, -0.2) is 4.79 Å². The molecule has 0 atom stereocenters. The van der Waals surface area contributed by atoms with Gasteiger partial charge in [0.2, 0.25) is 0 Å². The third-order valence-corrected chi connectivity index (χ3v) is 0.434. The number of carbonyl (C=O) groups is 1. The van der Waals surface area contributed by atoms with E-state index in [2.05, 4.69) is 4.74 Å². The predicted molar refractivity (Wildman–Crippen MR) is 23.7 cm³/mol. The zero-order chi connectivity index (χ0) is 5.70. The standard InChI is InChI=1S/C4H8O3.Ag/c1-2-7-4(6)3-5;/h5H,2-3H2,1H3;. The Kier molecular flexibility index (Phi) is 9.89. The van der Waals surface area contributed by atoms with E-state index in [0.29, 0.717) is 6.61 Å². The Bertz CT molecular complexity index is 64.3. The molecule has 4 heteroatoms. The molecule has 0 saturated carbocycles. The maximum Gasteiger partial charge on any atom is 0.331 e. The molecule has 0 unspecified atom stereocenters. The Labute approximate surface area is 63.5 Å². The van der Waals surface area contributed by atoms with Gasteiger partial charge in [-0.3, -0.25) is 0 Å². The monoisotopic (exact) mass is 211 g/mol. The van der Waals surface area contributed by atoms with E-state index in [-0.39, 0.29) is 22.4 Å². The van der Waals surface area contributed by atoms with Crippen molar-refractivity contribution in [2.24, 2.45) is 0 Å². The van der Waals surface area contributed by atoms with Crippen LogP contribution >= 0.6 is 0 Å². The summed E-state index contributed by atoms with van der Waals surface area (Å²) in [6.07, 6.45) is 0. The Hall–Kier alpha value is 0.170. The number of hydrogen-bond donors (Lipinski definition) is 1. The second kappa shape index (κ2) is 7.17. The third kappa shape index (κ3) is 6.17. The Morgan fingerprint density at radius 2 is 2.25 bits per heavy atom. The number of esters is 1. The Morgan fingerprint density at radius 3 is 2.38 bits per heavy atom. The first-order valence-corrected chi connectivity index (χ1v) is 2.07. The molecule has 0 heterocycles. The number of hydrogen-bond acceptors (Lipinski definition) is 3. The van der Waals surface area contributed by atoms with Crippen LogP contribution in [0.15, 0.2) is 0 Å². The summed E-state index contributed by atoms with van der Waals surface area (Å²) in [5.41, 5.74) is 0. The van der Waals surface area contributed by atoms with E-state index < -0.39 is 12.6 Å². The van der Waals surface area contributed by atoms with Crippen molar-refractivity contribution in [3.63, 3.8) is 0 Å². The van der Waals surface area contributed by atoms with Crippen molar-refractivity contribution < 1.29 is 37.0 Å². The van der Waals surface area contributed by atoms with Gasteiger partial charge in [0, 0.05) is 22.4 Å². The maximum absolute atomic E-state index is 9.94. The predicted octanol–water partition coefficient (Wildman–Crippen LogP) is -0.461. The molecule has 53 valence electrons. The molecule has 0 aliphatic heterocycles. The normalized spacial score (nSPS) is 7.25.